The standard InChI is InChI=1S/C13H20ClN3O2/c1-2-11(18)9-16-3-5-17(6-4-16)13(19)12-7-10(14)8-15-12/h7-8,11,15,18H,2-6,9H2,1H3/t11-/m1/s1. The van der Waals surface area contributed by atoms with E-state index in [-0.39, 0.29) is 12.0 Å². The summed E-state index contributed by atoms with van der Waals surface area (Å²) in [4.78, 5) is 19.1. The van der Waals surface area contributed by atoms with E-state index in [4.69, 9.17) is 11.6 Å². The predicted molar refractivity (Wildman–Crippen MR) is 74.4 cm³/mol. The molecule has 5 nitrogen and oxygen atoms in total. The number of piperazine rings is 1. The number of H-pyrrole nitrogens is 1. The minimum absolute atomic E-state index is 0.0115. The van der Waals surface area contributed by atoms with Gasteiger partial charge in [-0.1, -0.05) is 18.5 Å². The normalized spacial score (nSPS) is 18.6. The molecule has 106 valence electrons. The molecule has 1 aliphatic heterocycles. The van der Waals surface area contributed by atoms with Crippen molar-refractivity contribution in [1.82, 2.24) is 14.8 Å². The van der Waals surface area contributed by atoms with Gasteiger partial charge in [0.05, 0.1) is 11.1 Å². The van der Waals surface area contributed by atoms with Crippen molar-refractivity contribution in [1.29, 1.82) is 0 Å². The van der Waals surface area contributed by atoms with Crippen molar-refractivity contribution in [2.45, 2.75) is 19.4 Å². The summed E-state index contributed by atoms with van der Waals surface area (Å²) in [5.74, 6) is -0.0115. The number of carbonyl (C=O) groups is 1. The summed E-state index contributed by atoms with van der Waals surface area (Å²) in [6, 6.07) is 1.65. The number of nitrogens with zero attached hydrogens (tertiary/aromatic N) is 2. The number of aromatic nitrogens is 1. The lowest BCUT2D eigenvalue weighted by Crippen LogP contribution is -2.50. The fourth-order valence-electron chi connectivity index (χ4n) is 2.22. The first-order valence-electron chi connectivity index (χ1n) is 6.63. The Morgan fingerprint density at radius 2 is 2.16 bits per heavy atom. The minimum atomic E-state index is -0.274. The molecule has 0 saturated carbocycles. The molecule has 1 fully saturated rings. The van der Waals surface area contributed by atoms with Crippen molar-refractivity contribution in [3.05, 3.63) is 23.0 Å². The molecule has 1 aromatic heterocycles. The molecule has 1 amide bonds. The molecule has 2 rings (SSSR count). The van der Waals surface area contributed by atoms with Crippen molar-refractivity contribution < 1.29 is 9.90 Å². The first kappa shape index (κ1) is 14.4. The molecule has 1 aliphatic rings. The number of β-amino-alcohol motifs (C(OH)–C–C–N with tert-alkyl or cyclic N) is 1. The fraction of sp³-hybridized carbons (Fsp3) is 0.615. The van der Waals surface area contributed by atoms with Gasteiger partial charge in [0.15, 0.2) is 0 Å². The molecular formula is C13H20ClN3O2. The van der Waals surface area contributed by atoms with E-state index >= 15 is 0 Å². The highest BCUT2D eigenvalue weighted by Crippen LogP contribution is 2.13. The molecule has 2 N–H and O–H groups in total. The zero-order valence-corrected chi connectivity index (χ0v) is 11.9. The quantitative estimate of drug-likeness (QED) is 0.874. The largest absolute Gasteiger partial charge is 0.392 e. The Hall–Kier alpha value is -1.04. The monoisotopic (exact) mass is 285 g/mol. The average molecular weight is 286 g/mol. The van der Waals surface area contributed by atoms with E-state index in [9.17, 15) is 9.90 Å². The van der Waals surface area contributed by atoms with Crippen LogP contribution in [0.4, 0.5) is 0 Å². The van der Waals surface area contributed by atoms with Gasteiger partial charge in [-0.25, -0.2) is 0 Å². The van der Waals surface area contributed by atoms with Gasteiger partial charge in [-0.2, -0.15) is 0 Å². The topological polar surface area (TPSA) is 59.6 Å². The smallest absolute Gasteiger partial charge is 0.270 e. The number of aliphatic hydroxyl groups excluding tert-OH is 1. The van der Waals surface area contributed by atoms with Gasteiger partial charge in [0, 0.05) is 38.9 Å². The molecule has 0 aromatic carbocycles. The summed E-state index contributed by atoms with van der Waals surface area (Å²) in [5.41, 5.74) is 0.534. The second-order valence-electron chi connectivity index (χ2n) is 4.89. The lowest BCUT2D eigenvalue weighted by Gasteiger charge is -2.35. The Labute approximate surface area is 118 Å². The van der Waals surface area contributed by atoms with Crippen molar-refractivity contribution in [3.8, 4) is 0 Å². The summed E-state index contributed by atoms with van der Waals surface area (Å²) >= 11 is 5.80. The van der Waals surface area contributed by atoms with Gasteiger partial charge in [0.1, 0.15) is 5.69 Å². The van der Waals surface area contributed by atoms with Crippen molar-refractivity contribution in [2.75, 3.05) is 32.7 Å². The van der Waals surface area contributed by atoms with E-state index in [0.29, 0.717) is 30.4 Å². The zero-order chi connectivity index (χ0) is 13.8. The second kappa shape index (κ2) is 6.41. The number of amides is 1. The van der Waals surface area contributed by atoms with Crippen LogP contribution in [0.2, 0.25) is 5.02 Å². The van der Waals surface area contributed by atoms with Crippen LogP contribution in [-0.2, 0) is 0 Å². The number of rotatable bonds is 4. The van der Waals surface area contributed by atoms with E-state index in [1.54, 1.807) is 12.3 Å². The van der Waals surface area contributed by atoms with Gasteiger partial charge in [-0.05, 0) is 12.5 Å². The maximum atomic E-state index is 12.2. The number of nitrogens with one attached hydrogen (secondary N) is 1. The van der Waals surface area contributed by atoms with E-state index in [0.717, 1.165) is 19.5 Å². The number of aliphatic hydroxyl groups is 1. The Kier molecular flexibility index (Phi) is 4.85. The second-order valence-corrected chi connectivity index (χ2v) is 5.32. The highest BCUT2D eigenvalue weighted by atomic mass is 35.5. The van der Waals surface area contributed by atoms with Gasteiger partial charge in [0.25, 0.3) is 5.91 Å². The SMILES string of the molecule is CC[C@@H](O)CN1CCN(C(=O)c2cc(Cl)c[nH]2)CC1. The van der Waals surface area contributed by atoms with Crippen LogP contribution in [0.1, 0.15) is 23.8 Å². The van der Waals surface area contributed by atoms with Crippen LogP contribution in [0.25, 0.3) is 0 Å². The first-order chi connectivity index (χ1) is 9.10. The lowest BCUT2D eigenvalue weighted by atomic mass is 10.2. The fourth-order valence-corrected chi connectivity index (χ4v) is 2.39. The van der Waals surface area contributed by atoms with E-state index < -0.39 is 0 Å². The molecule has 6 heteroatoms. The first-order valence-corrected chi connectivity index (χ1v) is 7.01. The van der Waals surface area contributed by atoms with Crippen molar-refractivity contribution in [2.24, 2.45) is 0 Å². The highest BCUT2D eigenvalue weighted by Gasteiger charge is 2.23. The molecule has 0 spiro atoms. The molecule has 1 saturated heterocycles. The van der Waals surface area contributed by atoms with Crippen LogP contribution in [-0.4, -0.2) is 64.6 Å². The Morgan fingerprint density at radius 3 is 2.68 bits per heavy atom. The highest BCUT2D eigenvalue weighted by molar-refractivity contribution is 6.30. The number of carbonyl (C=O) groups excluding carboxylic acids is 1. The number of hydrogen-bond acceptors (Lipinski definition) is 3. The summed E-state index contributed by atoms with van der Waals surface area (Å²) in [6.45, 7) is 5.64. The molecule has 0 aliphatic carbocycles. The summed E-state index contributed by atoms with van der Waals surface area (Å²) < 4.78 is 0. The van der Waals surface area contributed by atoms with Crippen LogP contribution in [0.15, 0.2) is 12.3 Å². The molecule has 19 heavy (non-hydrogen) atoms. The van der Waals surface area contributed by atoms with Crippen LogP contribution < -0.4 is 0 Å². The van der Waals surface area contributed by atoms with Crippen molar-refractivity contribution >= 4 is 17.5 Å². The predicted octanol–water partition coefficient (Wildman–Crippen LogP) is 1.20. The van der Waals surface area contributed by atoms with Crippen LogP contribution >= 0.6 is 11.6 Å². The Balaban J connectivity index is 1.84. The van der Waals surface area contributed by atoms with Crippen LogP contribution in [0.3, 0.4) is 0 Å². The molecule has 0 unspecified atom stereocenters. The van der Waals surface area contributed by atoms with Gasteiger partial charge < -0.3 is 15.0 Å². The maximum Gasteiger partial charge on any atom is 0.270 e. The van der Waals surface area contributed by atoms with Crippen molar-refractivity contribution in [3.63, 3.8) is 0 Å². The van der Waals surface area contributed by atoms with Gasteiger partial charge in [-0.15, -0.1) is 0 Å². The van der Waals surface area contributed by atoms with E-state index in [2.05, 4.69) is 9.88 Å². The molecular weight excluding hydrogens is 266 g/mol. The molecule has 0 bridgehead atoms. The van der Waals surface area contributed by atoms with Gasteiger partial charge in [0.2, 0.25) is 0 Å². The molecule has 1 aromatic rings. The Bertz CT molecular complexity index is 427. The lowest BCUT2D eigenvalue weighted by molar-refractivity contribution is 0.0520. The zero-order valence-electron chi connectivity index (χ0n) is 11.1. The minimum Gasteiger partial charge on any atom is -0.392 e. The van der Waals surface area contributed by atoms with E-state index in [1.165, 1.54) is 0 Å². The van der Waals surface area contributed by atoms with Crippen LogP contribution in [0.5, 0.6) is 0 Å². The van der Waals surface area contributed by atoms with E-state index in [1.807, 2.05) is 11.8 Å². The van der Waals surface area contributed by atoms with Crippen LogP contribution in [0, 0.1) is 0 Å². The number of hydrogen-bond donors (Lipinski definition) is 2. The number of halogens is 1. The molecule has 2 heterocycles. The third-order valence-corrected chi connectivity index (χ3v) is 3.70. The third-order valence-electron chi connectivity index (χ3n) is 3.48. The summed E-state index contributed by atoms with van der Waals surface area (Å²) in [5, 5.41) is 10.2. The molecule has 1 atom stereocenters. The third kappa shape index (κ3) is 3.72. The average Bonchev–Trinajstić information content (AvgIpc) is 2.85. The van der Waals surface area contributed by atoms with Gasteiger partial charge >= 0.3 is 0 Å². The number of aromatic amines is 1. The maximum absolute atomic E-state index is 12.2. The Morgan fingerprint density at radius 1 is 1.47 bits per heavy atom. The molecule has 0 radical (unpaired) electrons. The van der Waals surface area contributed by atoms with Gasteiger partial charge in [-0.3, -0.25) is 9.69 Å². The summed E-state index contributed by atoms with van der Waals surface area (Å²) in [6.07, 6.45) is 2.10. The summed E-state index contributed by atoms with van der Waals surface area (Å²) in [7, 11) is 0.